The van der Waals surface area contributed by atoms with E-state index in [1.165, 1.54) is 5.56 Å². The fourth-order valence-electron chi connectivity index (χ4n) is 1.67. The van der Waals surface area contributed by atoms with Gasteiger partial charge in [-0.25, -0.2) is 4.98 Å². The highest BCUT2D eigenvalue weighted by Gasteiger charge is 2.08. The number of benzene rings is 1. The van der Waals surface area contributed by atoms with Crippen LogP contribution in [0.2, 0.25) is 0 Å². The Morgan fingerprint density at radius 3 is 2.94 bits per heavy atom. The lowest BCUT2D eigenvalue weighted by molar-refractivity contribution is 0.567. The van der Waals surface area contributed by atoms with Crippen LogP contribution in [0.5, 0.6) is 0 Å². The van der Waals surface area contributed by atoms with Crippen molar-refractivity contribution in [2.24, 2.45) is 5.73 Å². The van der Waals surface area contributed by atoms with Crippen molar-refractivity contribution in [3.63, 3.8) is 0 Å². The Bertz CT molecular complexity index is 479. The normalized spacial score (nSPS) is 12.7. The van der Waals surface area contributed by atoms with Gasteiger partial charge in [-0.3, -0.25) is 0 Å². The molecule has 0 aliphatic rings. The molecule has 1 aromatic carbocycles. The fraction of sp³-hybridized carbons (Fsp3) is 0.250. The Morgan fingerprint density at radius 2 is 2.31 bits per heavy atom. The third kappa shape index (κ3) is 2.51. The molecule has 1 unspecified atom stereocenters. The van der Waals surface area contributed by atoms with Gasteiger partial charge in [0.05, 0.1) is 0 Å². The minimum Gasteiger partial charge on any atom is -0.324 e. The number of halogens is 1. The van der Waals surface area contributed by atoms with Gasteiger partial charge in [0.2, 0.25) is 0 Å². The van der Waals surface area contributed by atoms with E-state index >= 15 is 0 Å². The van der Waals surface area contributed by atoms with Crippen molar-refractivity contribution < 1.29 is 0 Å². The monoisotopic (exact) mass is 279 g/mol. The van der Waals surface area contributed by atoms with E-state index in [4.69, 9.17) is 5.73 Å². The van der Waals surface area contributed by atoms with Crippen molar-refractivity contribution in [2.45, 2.75) is 19.5 Å². The first-order chi connectivity index (χ1) is 7.66. The van der Waals surface area contributed by atoms with E-state index < -0.39 is 0 Å². The summed E-state index contributed by atoms with van der Waals surface area (Å²) in [5.74, 6) is 0. The fourth-order valence-corrected chi connectivity index (χ4v) is 2.05. The summed E-state index contributed by atoms with van der Waals surface area (Å²) < 4.78 is 2.81. The summed E-state index contributed by atoms with van der Waals surface area (Å²) in [6.45, 7) is 2.80. The predicted octanol–water partition coefficient (Wildman–Crippen LogP) is 2.65. The van der Waals surface area contributed by atoms with Gasteiger partial charge in [0, 0.05) is 25.0 Å². The number of hydrogen-bond acceptors (Lipinski definition) is 2. The summed E-state index contributed by atoms with van der Waals surface area (Å²) in [6, 6.07) is 8.28. The average molecular weight is 280 g/mol. The molecule has 0 saturated carbocycles. The maximum Gasteiger partial charge on any atom is 0.177 e. The third-order valence-corrected chi connectivity index (χ3v) is 3.19. The zero-order valence-corrected chi connectivity index (χ0v) is 10.7. The number of imidazole rings is 1. The molecule has 0 saturated heterocycles. The van der Waals surface area contributed by atoms with Gasteiger partial charge >= 0.3 is 0 Å². The van der Waals surface area contributed by atoms with Crippen LogP contribution in [-0.4, -0.2) is 9.55 Å². The van der Waals surface area contributed by atoms with E-state index in [1.54, 1.807) is 6.20 Å². The molecular weight excluding hydrogens is 266 g/mol. The summed E-state index contributed by atoms with van der Waals surface area (Å²) in [7, 11) is 0. The van der Waals surface area contributed by atoms with E-state index in [-0.39, 0.29) is 6.04 Å². The van der Waals surface area contributed by atoms with Crippen LogP contribution in [-0.2, 0) is 6.54 Å². The highest BCUT2D eigenvalue weighted by atomic mass is 79.9. The van der Waals surface area contributed by atoms with E-state index in [1.807, 2.05) is 16.8 Å². The second-order valence-electron chi connectivity index (χ2n) is 3.87. The summed E-state index contributed by atoms with van der Waals surface area (Å²) in [4.78, 5) is 4.10. The minimum atomic E-state index is -0.00889. The largest absolute Gasteiger partial charge is 0.324 e. The second kappa shape index (κ2) is 4.80. The number of rotatable bonds is 3. The molecule has 84 valence electrons. The predicted molar refractivity (Wildman–Crippen MR) is 68.0 cm³/mol. The van der Waals surface area contributed by atoms with Gasteiger partial charge in [0.15, 0.2) is 4.73 Å². The van der Waals surface area contributed by atoms with Crippen LogP contribution in [0.25, 0.3) is 0 Å². The maximum atomic E-state index is 6.15. The van der Waals surface area contributed by atoms with Crippen molar-refractivity contribution in [1.82, 2.24) is 9.55 Å². The van der Waals surface area contributed by atoms with Crippen molar-refractivity contribution in [3.8, 4) is 0 Å². The topological polar surface area (TPSA) is 43.8 Å². The Labute approximate surface area is 103 Å². The molecular formula is C12H14BrN3. The lowest BCUT2D eigenvalue weighted by atomic mass is 10.1. The standard InChI is InChI=1S/C12H14BrN3/c1-9-3-2-4-10(7-9)11(14)8-16-6-5-15-12(16)13/h2-7,11H,8,14H2,1H3. The summed E-state index contributed by atoms with van der Waals surface area (Å²) in [5, 5.41) is 0. The van der Waals surface area contributed by atoms with E-state index in [0.717, 1.165) is 16.8 Å². The molecule has 1 heterocycles. The molecule has 2 rings (SSSR count). The molecule has 2 aromatic rings. The first-order valence-electron chi connectivity index (χ1n) is 5.15. The molecule has 3 nitrogen and oxygen atoms in total. The lowest BCUT2D eigenvalue weighted by Gasteiger charge is -2.14. The van der Waals surface area contributed by atoms with Gasteiger partial charge in [0.25, 0.3) is 0 Å². The number of aryl methyl sites for hydroxylation is 1. The van der Waals surface area contributed by atoms with Gasteiger partial charge in [-0.2, -0.15) is 0 Å². The molecule has 0 bridgehead atoms. The lowest BCUT2D eigenvalue weighted by Crippen LogP contribution is -2.17. The maximum absolute atomic E-state index is 6.15. The van der Waals surface area contributed by atoms with Crippen LogP contribution < -0.4 is 5.73 Å². The molecule has 0 aliphatic carbocycles. The van der Waals surface area contributed by atoms with Crippen LogP contribution in [0.15, 0.2) is 41.4 Å². The van der Waals surface area contributed by atoms with Crippen LogP contribution in [0.1, 0.15) is 17.2 Å². The molecule has 4 heteroatoms. The second-order valence-corrected chi connectivity index (χ2v) is 4.58. The van der Waals surface area contributed by atoms with E-state index in [9.17, 15) is 0 Å². The Morgan fingerprint density at radius 1 is 1.50 bits per heavy atom. The first kappa shape index (κ1) is 11.4. The van der Waals surface area contributed by atoms with Crippen molar-refractivity contribution in [3.05, 3.63) is 52.5 Å². The van der Waals surface area contributed by atoms with Gasteiger partial charge in [-0.15, -0.1) is 0 Å². The van der Waals surface area contributed by atoms with Crippen molar-refractivity contribution in [1.29, 1.82) is 0 Å². The Kier molecular flexibility index (Phi) is 3.41. The van der Waals surface area contributed by atoms with Crippen LogP contribution in [0.3, 0.4) is 0 Å². The molecule has 16 heavy (non-hydrogen) atoms. The SMILES string of the molecule is Cc1cccc(C(N)Cn2ccnc2Br)c1. The minimum absolute atomic E-state index is 0.00889. The first-order valence-corrected chi connectivity index (χ1v) is 5.95. The zero-order chi connectivity index (χ0) is 11.5. The smallest absolute Gasteiger partial charge is 0.177 e. The van der Waals surface area contributed by atoms with Gasteiger partial charge in [-0.05, 0) is 28.4 Å². The summed E-state index contributed by atoms with van der Waals surface area (Å²) in [6.07, 6.45) is 3.67. The highest BCUT2D eigenvalue weighted by Crippen LogP contribution is 2.16. The van der Waals surface area contributed by atoms with Crippen LogP contribution >= 0.6 is 15.9 Å². The zero-order valence-electron chi connectivity index (χ0n) is 9.10. The molecule has 0 radical (unpaired) electrons. The summed E-state index contributed by atoms with van der Waals surface area (Å²) in [5.41, 5.74) is 8.54. The highest BCUT2D eigenvalue weighted by molar-refractivity contribution is 9.10. The number of nitrogens with two attached hydrogens (primary N) is 1. The Balaban J connectivity index is 2.14. The van der Waals surface area contributed by atoms with Gasteiger partial charge < -0.3 is 10.3 Å². The Hall–Kier alpha value is -1.13. The van der Waals surface area contributed by atoms with Gasteiger partial charge in [0.1, 0.15) is 0 Å². The van der Waals surface area contributed by atoms with Gasteiger partial charge in [-0.1, -0.05) is 29.8 Å². The number of nitrogens with zero attached hydrogens (tertiary/aromatic N) is 2. The van der Waals surface area contributed by atoms with Crippen molar-refractivity contribution in [2.75, 3.05) is 0 Å². The third-order valence-electron chi connectivity index (χ3n) is 2.53. The van der Waals surface area contributed by atoms with E-state index in [2.05, 4.69) is 46.0 Å². The molecule has 1 atom stereocenters. The quantitative estimate of drug-likeness (QED) is 0.939. The number of hydrogen-bond donors (Lipinski definition) is 1. The number of aromatic nitrogens is 2. The molecule has 0 amide bonds. The van der Waals surface area contributed by atoms with E-state index in [0.29, 0.717) is 0 Å². The molecule has 2 N–H and O–H groups in total. The molecule has 0 spiro atoms. The summed E-state index contributed by atoms with van der Waals surface area (Å²) >= 11 is 3.38. The van der Waals surface area contributed by atoms with Crippen LogP contribution in [0.4, 0.5) is 0 Å². The van der Waals surface area contributed by atoms with Crippen molar-refractivity contribution >= 4 is 15.9 Å². The molecule has 0 aliphatic heterocycles. The molecule has 0 fully saturated rings. The average Bonchev–Trinajstić information content (AvgIpc) is 2.64. The van der Waals surface area contributed by atoms with Crippen LogP contribution in [0, 0.1) is 6.92 Å². The molecule has 1 aromatic heterocycles.